The Morgan fingerprint density at radius 1 is 1.17 bits per heavy atom. The zero-order chi connectivity index (χ0) is 13.5. The Balaban J connectivity index is 2.64. The summed E-state index contributed by atoms with van der Waals surface area (Å²) in [6.07, 6.45) is 1.70. The number of hydrogen-bond acceptors (Lipinski definition) is 2. The molecule has 1 atom stereocenters. The van der Waals surface area contributed by atoms with Crippen molar-refractivity contribution < 1.29 is 19.8 Å². The zero-order valence-electron chi connectivity index (χ0n) is 10.4. The van der Waals surface area contributed by atoms with Crippen LogP contribution in [-0.2, 0) is 9.59 Å². The van der Waals surface area contributed by atoms with Gasteiger partial charge in [0.05, 0.1) is 5.92 Å². The van der Waals surface area contributed by atoms with Crippen LogP contribution in [0.3, 0.4) is 0 Å². The van der Waals surface area contributed by atoms with Crippen molar-refractivity contribution in [3.63, 3.8) is 0 Å². The van der Waals surface area contributed by atoms with Gasteiger partial charge in [0.25, 0.3) is 0 Å². The minimum absolute atomic E-state index is 0.0973. The fourth-order valence-electron chi connectivity index (χ4n) is 2.01. The molecule has 0 radical (unpaired) electrons. The lowest BCUT2D eigenvalue weighted by atomic mass is 9.90. The first kappa shape index (κ1) is 14.2. The lowest BCUT2D eigenvalue weighted by Crippen LogP contribution is -2.13. The molecule has 0 aliphatic heterocycles. The van der Waals surface area contributed by atoms with Crippen LogP contribution in [0.25, 0.3) is 0 Å². The zero-order valence-corrected chi connectivity index (χ0v) is 10.4. The fourth-order valence-corrected chi connectivity index (χ4v) is 2.01. The highest BCUT2D eigenvalue weighted by Crippen LogP contribution is 2.25. The van der Waals surface area contributed by atoms with Gasteiger partial charge >= 0.3 is 11.9 Å². The monoisotopic (exact) mass is 250 g/mol. The normalized spacial score (nSPS) is 12.1. The molecule has 1 rings (SSSR count). The average Bonchev–Trinajstić information content (AvgIpc) is 2.30. The van der Waals surface area contributed by atoms with Gasteiger partial charge in [-0.15, -0.1) is 0 Å². The number of carboxylic acid groups (broad SMARTS) is 2. The molecule has 0 amide bonds. The molecule has 0 aliphatic rings. The van der Waals surface area contributed by atoms with Crippen molar-refractivity contribution in [3.05, 3.63) is 35.4 Å². The Bertz CT molecular complexity index is 426. The van der Waals surface area contributed by atoms with Gasteiger partial charge in [0.15, 0.2) is 0 Å². The van der Waals surface area contributed by atoms with Crippen LogP contribution < -0.4 is 0 Å². The highest BCUT2D eigenvalue weighted by atomic mass is 16.4. The Hall–Kier alpha value is -1.84. The predicted octanol–water partition coefficient (Wildman–Crippen LogP) is 2.81. The van der Waals surface area contributed by atoms with Gasteiger partial charge in [-0.25, -0.2) is 0 Å². The van der Waals surface area contributed by atoms with Crippen LogP contribution >= 0.6 is 0 Å². The summed E-state index contributed by atoms with van der Waals surface area (Å²) in [5, 5.41) is 17.8. The van der Waals surface area contributed by atoms with Crippen LogP contribution in [0.1, 0.15) is 42.7 Å². The highest BCUT2D eigenvalue weighted by molar-refractivity contribution is 5.76. The molecule has 0 aliphatic carbocycles. The molecule has 0 saturated heterocycles. The maximum absolute atomic E-state index is 11.3. The molecule has 0 aromatic heterocycles. The van der Waals surface area contributed by atoms with Crippen molar-refractivity contribution in [2.24, 2.45) is 0 Å². The molecule has 98 valence electrons. The van der Waals surface area contributed by atoms with E-state index >= 15 is 0 Å². The van der Waals surface area contributed by atoms with E-state index in [4.69, 9.17) is 5.11 Å². The third-order valence-electron chi connectivity index (χ3n) is 3.00. The first-order valence-corrected chi connectivity index (χ1v) is 6.02. The third kappa shape index (κ3) is 4.20. The summed E-state index contributed by atoms with van der Waals surface area (Å²) in [5.41, 5.74) is 1.78. The minimum atomic E-state index is -0.848. The molecular formula is C14H18O4. The van der Waals surface area contributed by atoms with Gasteiger partial charge in [-0.1, -0.05) is 30.7 Å². The van der Waals surface area contributed by atoms with Gasteiger partial charge in [-0.2, -0.15) is 0 Å². The Kier molecular flexibility index (Phi) is 5.36. The quantitative estimate of drug-likeness (QED) is 0.730. The Morgan fingerprint density at radius 2 is 1.83 bits per heavy atom. The molecule has 2 N–H and O–H groups in total. The van der Waals surface area contributed by atoms with Crippen molar-refractivity contribution in [2.75, 3.05) is 0 Å². The summed E-state index contributed by atoms with van der Waals surface area (Å²) in [7, 11) is 0. The Labute approximate surface area is 106 Å². The van der Waals surface area contributed by atoms with Crippen LogP contribution in [0, 0.1) is 6.92 Å². The summed E-state index contributed by atoms with van der Waals surface area (Å²) in [6, 6.07) is 7.42. The molecule has 4 heteroatoms. The van der Waals surface area contributed by atoms with E-state index in [0.29, 0.717) is 19.3 Å². The van der Waals surface area contributed by atoms with Gasteiger partial charge in [-0.3, -0.25) is 9.59 Å². The molecule has 1 aromatic rings. The molecular weight excluding hydrogens is 232 g/mol. The second-order valence-electron chi connectivity index (χ2n) is 4.39. The number of aryl methyl sites for hydroxylation is 1. The number of carboxylic acids is 2. The SMILES string of the molecule is Cc1ccccc1C(CCCCC(=O)O)C(=O)O. The van der Waals surface area contributed by atoms with Gasteiger partial charge in [0.1, 0.15) is 0 Å². The highest BCUT2D eigenvalue weighted by Gasteiger charge is 2.20. The second-order valence-corrected chi connectivity index (χ2v) is 4.39. The smallest absolute Gasteiger partial charge is 0.310 e. The van der Waals surface area contributed by atoms with Crippen molar-refractivity contribution in [3.8, 4) is 0 Å². The van der Waals surface area contributed by atoms with E-state index in [1.54, 1.807) is 0 Å². The van der Waals surface area contributed by atoms with E-state index in [2.05, 4.69) is 0 Å². The summed E-state index contributed by atoms with van der Waals surface area (Å²) in [6.45, 7) is 1.89. The number of benzene rings is 1. The number of rotatable bonds is 7. The predicted molar refractivity (Wildman–Crippen MR) is 67.7 cm³/mol. The molecule has 0 saturated carbocycles. The van der Waals surface area contributed by atoms with Gasteiger partial charge in [-0.05, 0) is 30.9 Å². The Morgan fingerprint density at radius 3 is 2.39 bits per heavy atom. The van der Waals surface area contributed by atoms with Gasteiger partial charge < -0.3 is 10.2 Å². The lowest BCUT2D eigenvalue weighted by molar-refractivity contribution is -0.139. The van der Waals surface area contributed by atoms with Crippen molar-refractivity contribution >= 4 is 11.9 Å². The molecule has 0 heterocycles. The number of hydrogen-bond donors (Lipinski definition) is 2. The summed E-state index contributed by atoms with van der Waals surface area (Å²) in [4.78, 5) is 21.6. The topological polar surface area (TPSA) is 74.6 Å². The van der Waals surface area contributed by atoms with Crippen molar-refractivity contribution in [1.29, 1.82) is 0 Å². The summed E-state index contributed by atoms with van der Waals surface area (Å²) in [5.74, 6) is -2.22. The van der Waals surface area contributed by atoms with Crippen LogP contribution in [0.5, 0.6) is 0 Å². The molecule has 1 unspecified atom stereocenters. The molecule has 1 aromatic carbocycles. The molecule has 0 spiro atoms. The van der Waals surface area contributed by atoms with Crippen molar-refractivity contribution in [1.82, 2.24) is 0 Å². The maximum Gasteiger partial charge on any atom is 0.310 e. The van der Waals surface area contributed by atoms with E-state index < -0.39 is 17.9 Å². The minimum Gasteiger partial charge on any atom is -0.481 e. The number of aliphatic carboxylic acids is 2. The van der Waals surface area contributed by atoms with E-state index in [0.717, 1.165) is 11.1 Å². The van der Waals surface area contributed by atoms with Crippen molar-refractivity contribution in [2.45, 2.75) is 38.5 Å². The number of carbonyl (C=O) groups is 2. The van der Waals surface area contributed by atoms with E-state index in [1.807, 2.05) is 31.2 Å². The van der Waals surface area contributed by atoms with Crippen LogP contribution in [-0.4, -0.2) is 22.2 Å². The van der Waals surface area contributed by atoms with E-state index in [1.165, 1.54) is 0 Å². The molecule has 4 nitrogen and oxygen atoms in total. The number of unbranched alkanes of at least 4 members (excludes halogenated alkanes) is 1. The first-order chi connectivity index (χ1) is 8.52. The fraction of sp³-hybridized carbons (Fsp3) is 0.429. The third-order valence-corrected chi connectivity index (χ3v) is 3.00. The molecule has 18 heavy (non-hydrogen) atoms. The largest absolute Gasteiger partial charge is 0.481 e. The lowest BCUT2D eigenvalue weighted by Gasteiger charge is -2.14. The summed E-state index contributed by atoms with van der Waals surface area (Å²) < 4.78 is 0. The summed E-state index contributed by atoms with van der Waals surface area (Å²) >= 11 is 0. The van der Waals surface area contributed by atoms with Crippen LogP contribution in [0.15, 0.2) is 24.3 Å². The standard InChI is InChI=1S/C14H18O4/c1-10-6-2-3-7-11(10)12(14(17)18)8-4-5-9-13(15)16/h2-3,6-7,12H,4-5,8-9H2,1H3,(H,15,16)(H,17,18). The molecule has 0 bridgehead atoms. The van der Waals surface area contributed by atoms with E-state index in [9.17, 15) is 14.7 Å². The van der Waals surface area contributed by atoms with Crippen LogP contribution in [0.4, 0.5) is 0 Å². The maximum atomic E-state index is 11.3. The molecule has 0 fully saturated rings. The van der Waals surface area contributed by atoms with Gasteiger partial charge in [0.2, 0.25) is 0 Å². The second kappa shape index (κ2) is 6.79. The first-order valence-electron chi connectivity index (χ1n) is 6.02. The van der Waals surface area contributed by atoms with E-state index in [-0.39, 0.29) is 6.42 Å². The van der Waals surface area contributed by atoms with Gasteiger partial charge in [0, 0.05) is 6.42 Å². The average molecular weight is 250 g/mol. The van der Waals surface area contributed by atoms with Crippen LogP contribution in [0.2, 0.25) is 0 Å².